The van der Waals surface area contributed by atoms with Gasteiger partial charge in [0.1, 0.15) is 0 Å². The number of rotatable bonds is 3. The zero-order valence-corrected chi connectivity index (χ0v) is 4.55. The Morgan fingerprint density at radius 1 is 1.75 bits per heavy atom. The summed E-state index contributed by atoms with van der Waals surface area (Å²) in [6.45, 7) is 0.367. The average Bonchev–Trinajstić information content (AvgIpc) is 1.67. The van der Waals surface area contributed by atoms with Crippen LogP contribution in [0, 0.1) is 0 Å². The molecule has 1 radical (unpaired) electrons. The molecule has 0 fully saturated rings. The van der Waals surface area contributed by atoms with Gasteiger partial charge in [0.15, 0.2) is 0 Å². The molecule has 0 aromatic heterocycles. The fourth-order valence-electron chi connectivity index (χ4n) is 0.311. The molecule has 8 heavy (non-hydrogen) atoms. The van der Waals surface area contributed by atoms with E-state index in [-0.39, 0.29) is 0 Å². The van der Waals surface area contributed by atoms with Crippen molar-refractivity contribution in [1.29, 1.82) is 0 Å². The highest BCUT2D eigenvalue weighted by Crippen LogP contribution is 1.81. The van der Waals surface area contributed by atoms with Gasteiger partial charge in [-0.05, 0) is 13.0 Å². The normalized spacial score (nSPS) is 13.2. The zero-order chi connectivity index (χ0) is 6.57. The lowest BCUT2D eigenvalue weighted by molar-refractivity contribution is -0.119. The van der Waals surface area contributed by atoms with Crippen LogP contribution in [-0.4, -0.2) is 18.5 Å². The Labute approximate surface area is 48.0 Å². The molecule has 1 amide bonds. The summed E-state index contributed by atoms with van der Waals surface area (Å²) in [5.41, 5.74) is 16.6. The van der Waals surface area contributed by atoms with Crippen LogP contribution in [0.25, 0.3) is 0 Å². The van der Waals surface area contributed by atoms with Crippen LogP contribution in [0.2, 0.25) is 0 Å². The number of nitrogens with two attached hydrogens (primary N) is 2. The van der Waals surface area contributed by atoms with Crippen molar-refractivity contribution < 1.29 is 4.79 Å². The van der Waals surface area contributed by atoms with Gasteiger partial charge in [0.2, 0.25) is 0 Å². The molecule has 1 atom stereocenters. The van der Waals surface area contributed by atoms with Crippen LogP contribution in [-0.2, 0) is 4.79 Å². The number of carbonyl (C=O) groups is 1. The maximum Gasteiger partial charge on any atom is 0.255 e. The highest BCUT2D eigenvalue weighted by molar-refractivity contribution is 5.78. The van der Waals surface area contributed by atoms with Gasteiger partial charge in [-0.2, -0.15) is 0 Å². The van der Waals surface area contributed by atoms with E-state index in [0.717, 1.165) is 0 Å². The Hall–Kier alpha value is -0.610. The van der Waals surface area contributed by atoms with Crippen LogP contribution in [0.1, 0.15) is 6.42 Å². The average molecular weight is 116 g/mol. The number of amides is 1. The quantitative estimate of drug-likeness (QED) is 0.468. The minimum absolute atomic E-state index is 0.367. The highest BCUT2D eigenvalue weighted by Gasteiger charge is 2.06. The molecule has 0 unspecified atom stereocenters. The summed E-state index contributed by atoms with van der Waals surface area (Å²) < 4.78 is 0. The van der Waals surface area contributed by atoms with Crippen molar-refractivity contribution in [2.45, 2.75) is 12.5 Å². The van der Waals surface area contributed by atoms with Gasteiger partial charge < -0.3 is 11.5 Å². The monoisotopic (exact) mass is 116 g/mol. The summed E-state index contributed by atoms with van der Waals surface area (Å²) in [6, 6.07) is -0.681. The van der Waals surface area contributed by atoms with Crippen molar-refractivity contribution in [2.24, 2.45) is 11.5 Å². The van der Waals surface area contributed by atoms with Crippen LogP contribution >= 0.6 is 0 Å². The molecule has 0 aliphatic carbocycles. The first-order valence-corrected chi connectivity index (χ1v) is 2.39. The molecular weight excluding hydrogens is 106 g/mol. The van der Waals surface area contributed by atoms with Crippen LogP contribution < -0.4 is 17.2 Å². The van der Waals surface area contributed by atoms with E-state index in [2.05, 4.69) is 0 Å². The minimum atomic E-state index is -0.740. The molecule has 47 valence electrons. The summed E-state index contributed by atoms with van der Waals surface area (Å²) in [4.78, 5) is 10.0. The Kier molecular flexibility index (Phi) is 3.14. The number of hydrogen-bond acceptors (Lipinski definition) is 3. The van der Waals surface area contributed by atoms with E-state index in [4.69, 9.17) is 17.2 Å². The zero-order valence-electron chi connectivity index (χ0n) is 4.55. The smallest absolute Gasteiger partial charge is 0.255 e. The number of carbonyl (C=O) groups excluding carboxylic acids is 1. The second kappa shape index (κ2) is 3.40. The van der Waals surface area contributed by atoms with E-state index in [1.54, 1.807) is 0 Å². The van der Waals surface area contributed by atoms with Gasteiger partial charge in [-0.25, -0.2) is 0 Å². The summed E-state index contributed by atoms with van der Waals surface area (Å²) in [6.07, 6.45) is 0.405. The first kappa shape index (κ1) is 7.39. The van der Waals surface area contributed by atoms with E-state index >= 15 is 0 Å². The number of hydrogen-bond donors (Lipinski definition) is 2. The van der Waals surface area contributed by atoms with Gasteiger partial charge in [0, 0.05) is 0 Å². The third-order valence-electron chi connectivity index (χ3n) is 0.814. The van der Waals surface area contributed by atoms with Crippen LogP contribution in [0.5, 0.6) is 0 Å². The van der Waals surface area contributed by atoms with E-state index in [1.807, 2.05) is 0 Å². The van der Waals surface area contributed by atoms with Crippen LogP contribution in [0.4, 0.5) is 0 Å². The van der Waals surface area contributed by atoms with E-state index < -0.39 is 11.9 Å². The van der Waals surface area contributed by atoms with Crippen molar-refractivity contribution >= 4 is 5.91 Å². The van der Waals surface area contributed by atoms with E-state index in [9.17, 15) is 4.79 Å². The molecule has 0 spiro atoms. The topological polar surface area (TPSA) is 92.9 Å². The molecule has 0 saturated heterocycles. The molecule has 5 N–H and O–H groups in total. The lowest BCUT2D eigenvalue weighted by Crippen LogP contribution is -2.33. The molecule has 0 aliphatic rings. The van der Waals surface area contributed by atoms with Gasteiger partial charge in [0.25, 0.3) is 5.91 Å². The fourth-order valence-corrected chi connectivity index (χ4v) is 0.311. The maximum atomic E-state index is 10.0. The van der Waals surface area contributed by atoms with E-state index in [0.29, 0.717) is 13.0 Å². The van der Waals surface area contributed by atoms with Crippen molar-refractivity contribution in [1.82, 2.24) is 5.73 Å². The lowest BCUT2D eigenvalue weighted by atomic mass is 10.2. The fraction of sp³-hybridized carbons (Fsp3) is 0.750. The Balaban J connectivity index is 3.32. The Morgan fingerprint density at radius 2 is 2.25 bits per heavy atom. The summed E-state index contributed by atoms with van der Waals surface area (Å²) in [7, 11) is 0. The molecule has 0 rings (SSSR count). The second-order valence-electron chi connectivity index (χ2n) is 1.55. The van der Waals surface area contributed by atoms with Crippen molar-refractivity contribution in [3.8, 4) is 0 Å². The SMILES string of the molecule is [NH]C(=O)[C@@H](N)CCN. The first-order chi connectivity index (χ1) is 3.68. The van der Waals surface area contributed by atoms with Gasteiger partial charge in [-0.3, -0.25) is 10.5 Å². The lowest BCUT2D eigenvalue weighted by Gasteiger charge is -2.00. The van der Waals surface area contributed by atoms with Gasteiger partial charge >= 0.3 is 0 Å². The van der Waals surface area contributed by atoms with Crippen LogP contribution in [0.3, 0.4) is 0 Å². The summed E-state index contributed by atoms with van der Waals surface area (Å²) >= 11 is 0. The molecule has 0 heterocycles. The maximum absolute atomic E-state index is 10.0. The largest absolute Gasteiger partial charge is 0.330 e. The summed E-state index contributed by atoms with van der Waals surface area (Å²) in [5, 5.41) is 0. The molecule has 0 aromatic rings. The third-order valence-corrected chi connectivity index (χ3v) is 0.814. The molecular formula is C4H10N3O. The molecule has 4 heteroatoms. The Morgan fingerprint density at radius 3 is 2.38 bits per heavy atom. The van der Waals surface area contributed by atoms with Gasteiger partial charge in [-0.15, -0.1) is 0 Å². The van der Waals surface area contributed by atoms with Crippen LogP contribution in [0.15, 0.2) is 0 Å². The summed E-state index contributed by atoms with van der Waals surface area (Å²) in [5.74, 6) is -0.740. The van der Waals surface area contributed by atoms with Gasteiger partial charge in [-0.1, -0.05) is 0 Å². The van der Waals surface area contributed by atoms with Gasteiger partial charge in [0.05, 0.1) is 6.04 Å². The predicted molar refractivity (Wildman–Crippen MR) is 29.8 cm³/mol. The molecule has 0 saturated carbocycles. The Bertz CT molecular complexity index is 83.4. The third kappa shape index (κ3) is 2.54. The number of nitrogens with one attached hydrogen (secondary N) is 1. The standard InChI is InChI=1S/C4H10N3O/c5-2-1-3(6)4(7)8/h3,7H,1-2,5-6H2/t3-/m0/s1. The first-order valence-electron chi connectivity index (χ1n) is 2.39. The van der Waals surface area contributed by atoms with Crippen molar-refractivity contribution in [3.05, 3.63) is 0 Å². The van der Waals surface area contributed by atoms with Crippen molar-refractivity contribution in [2.75, 3.05) is 6.54 Å². The molecule has 0 aliphatic heterocycles. The molecule has 4 nitrogen and oxygen atoms in total. The second-order valence-corrected chi connectivity index (χ2v) is 1.55. The predicted octanol–water partition coefficient (Wildman–Crippen LogP) is -1.53. The molecule has 0 bridgehead atoms. The minimum Gasteiger partial charge on any atom is -0.330 e. The highest BCUT2D eigenvalue weighted by atomic mass is 16.1. The van der Waals surface area contributed by atoms with Crippen molar-refractivity contribution in [3.63, 3.8) is 0 Å². The molecule has 0 aromatic carbocycles. The van der Waals surface area contributed by atoms with E-state index in [1.165, 1.54) is 0 Å².